The number of amides is 1. The third-order valence-electron chi connectivity index (χ3n) is 2.87. The molecule has 0 aliphatic carbocycles. The maximum absolute atomic E-state index is 11.1. The van der Waals surface area contributed by atoms with Crippen LogP contribution in [0.5, 0.6) is 0 Å². The van der Waals surface area contributed by atoms with Crippen molar-refractivity contribution in [2.45, 2.75) is 38.0 Å². The molecule has 0 spiro atoms. The summed E-state index contributed by atoms with van der Waals surface area (Å²) in [5.74, 6) is -0.201. The van der Waals surface area contributed by atoms with Gasteiger partial charge in [0.2, 0.25) is 7.85 Å². The number of carbonyl (C=O) groups excluding carboxylic acids is 1. The minimum Gasteiger partial charge on any atom is -0.388 e. The summed E-state index contributed by atoms with van der Waals surface area (Å²) in [4.78, 5) is 11.1. The first-order valence-electron chi connectivity index (χ1n) is 6.24. The van der Waals surface area contributed by atoms with Crippen LogP contribution >= 0.6 is 0 Å². The van der Waals surface area contributed by atoms with E-state index in [0.29, 0.717) is 12.0 Å². The van der Waals surface area contributed by atoms with Crippen LogP contribution in [0.4, 0.5) is 4.79 Å². The van der Waals surface area contributed by atoms with Gasteiger partial charge in [0, 0.05) is 0 Å². The molecule has 2 unspecified atom stereocenters. The molecule has 0 aromatic heterocycles. The molecule has 0 saturated heterocycles. The highest BCUT2D eigenvalue weighted by molar-refractivity contribution is 6.57. The summed E-state index contributed by atoms with van der Waals surface area (Å²) in [5.41, 5.74) is 0.649. The fourth-order valence-corrected chi connectivity index (χ4v) is 1.97. The number of aliphatic hydroxyl groups is 2. The van der Waals surface area contributed by atoms with Gasteiger partial charge in [-0.1, -0.05) is 43.7 Å². The van der Waals surface area contributed by atoms with E-state index in [1.165, 1.54) is 7.85 Å². The molecule has 1 aromatic carbocycles. The second-order valence-corrected chi connectivity index (χ2v) is 4.44. The van der Waals surface area contributed by atoms with Crippen LogP contribution in [0.1, 0.15) is 31.4 Å². The number of rotatable bonds is 6. The molecule has 98 valence electrons. The second kappa shape index (κ2) is 7.19. The number of carbonyl (C=O) groups is 1. The summed E-state index contributed by atoms with van der Waals surface area (Å²) in [7, 11) is 1.41. The summed E-state index contributed by atoms with van der Waals surface area (Å²) in [6.07, 6.45) is -0.542. The van der Waals surface area contributed by atoms with Crippen LogP contribution in [0.25, 0.3) is 0 Å². The molecule has 0 aliphatic heterocycles. The Balaban J connectivity index is 2.75. The molecule has 18 heavy (non-hydrogen) atoms. The zero-order valence-corrected chi connectivity index (χ0v) is 10.8. The van der Waals surface area contributed by atoms with Crippen LogP contribution in [-0.4, -0.2) is 36.0 Å². The SMILES string of the molecule is BC(=O)N[C@@H](CCC)C(O)C(O)c1ccccc1. The Morgan fingerprint density at radius 1 is 1.33 bits per heavy atom. The number of benzene rings is 1. The molecule has 1 aromatic rings. The van der Waals surface area contributed by atoms with E-state index in [2.05, 4.69) is 5.32 Å². The average Bonchev–Trinajstić information content (AvgIpc) is 2.37. The second-order valence-electron chi connectivity index (χ2n) is 4.44. The Hall–Kier alpha value is -1.33. The van der Waals surface area contributed by atoms with Crippen molar-refractivity contribution in [2.75, 3.05) is 0 Å². The molecule has 0 aliphatic rings. The van der Waals surface area contributed by atoms with Gasteiger partial charge in [0.1, 0.15) is 12.2 Å². The fraction of sp³-hybridized carbons (Fsp3) is 0.462. The van der Waals surface area contributed by atoms with Gasteiger partial charge in [-0.2, -0.15) is 0 Å². The Morgan fingerprint density at radius 2 is 1.94 bits per heavy atom. The van der Waals surface area contributed by atoms with E-state index in [0.717, 1.165) is 6.42 Å². The molecule has 3 atom stereocenters. The lowest BCUT2D eigenvalue weighted by Crippen LogP contribution is -2.45. The molecule has 1 rings (SSSR count). The molecular formula is C13H20BNO3. The monoisotopic (exact) mass is 249 g/mol. The molecule has 4 nitrogen and oxygen atoms in total. The minimum atomic E-state index is -1.00. The van der Waals surface area contributed by atoms with Crippen LogP contribution in [0.2, 0.25) is 0 Å². The van der Waals surface area contributed by atoms with Crippen LogP contribution in [0.3, 0.4) is 0 Å². The predicted molar refractivity (Wildman–Crippen MR) is 73.2 cm³/mol. The zero-order chi connectivity index (χ0) is 13.5. The van der Waals surface area contributed by atoms with Gasteiger partial charge in [0.15, 0.2) is 5.81 Å². The summed E-state index contributed by atoms with van der Waals surface area (Å²) in [5, 5.41) is 22.9. The van der Waals surface area contributed by atoms with Gasteiger partial charge < -0.3 is 15.5 Å². The van der Waals surface area contributed by atoms with Gasteiger partial charge in [-0.15, -0.1) is 0 Å². The van der Waals surface area contributed by atoms with E-state index in [1.807, 2.05) is 13.0 Å². The van der Waals surface area contributed by atoms with Crippen molar-refractivity contribution in [1.82, 2.24) is 5.32 Å². The van der Waals surface area contributed by atoms with E-state index >= 15 is 0 Å². The summed E-state index contributed by atoms with van der Waals surface area (Å²) < 4.78 is 0. The topological polar surface area (TPSA) is 69.6 Å². The van der Waals surface area contributed by atoms with Gasteiger partial charge in [-0.3, -0.25) is 4.79 Å². The Kier molecular flexibility index (Phi) is 5.88. The molecule has 0 radical (unpaired) electrons. The van der Waals surface area contributed by atoms with Gasteiger partial charge in [-0.05, 0) is 12.0 Å². The molecule has 3 N–H and O–H groups in total. The minimum absolute atomic E-state index is 0.201. The smallest absolute Gasteiger partial charge is 0.215 e. The first kappa shape index (κ1) is 14.7. The standard InChI is InChI=1S/C13H20BNO3/c1-2-6-10(15-13(14)18)12(17)11(16)9-7-4-3-5-8-9/h3-5,7-8,10-12,16-17H,2,6,14H2,1H3,(H,15,18)/t10-,11?,12?/m0/s1. The summed E-state index contributed by atoms with van der Waals surface area (Å²) in [6, 6.07) is 8.54. The number of hydrogen-bond acceptors (Lipinski definition) is 3. The van der Waals surface area contributed by atoms with Crippen LogP contribution < -0.4 is 5.32 Å². The van der Waals surface area contributed by atoms with Crippen LogP contribution in [0, 0.1) is 0 Å². The Morgan fingerprint density at radius 3 is 2.44 bits per heavy atom. The first-order valence-corrected chi connectivity index (χ1v) is 6.24. The predicted octanol–water partition coefficient (Wildman–Crippen LogP) is 0.592. The molecule has 5 heteroatoms. The van der Waals surface area contributed by atoms with E-state index < -0.39 is 18.2 Å². The third-order valence-corrected chi connectivity index (χ3v) is 2.87. The maximum atomic E-state index is 11.1. The Bertz CT molecular complexity index is 372. The lowest BCUT2D eigenvalue weighted by molar-refractivity contribution is -0.00413. The van der Waals surface area contributed by atoms with Crippen molar-refractivity contribution in [3.05, 3.63) is 35.9 Å². The molecule has 0 fully saturated rings. The highest BCUT2D eigenvalue weighted by Gasteiger charge is 2.27. The van der Waals surface area contributed by atoms with E-state index in [9.17, 15) is 15.0 Å². The maximum Gasteiger partial charge on any atom is 0.215 e. The quantitative estimate of drug-likeness (QED) is 0.646. The number of aliphatic hydroxyl groups excluding tert-OH is 2. The fourth-order valence-electron chi connectivity index (χ4n) is 1.97. The molecule has 0 saturated carbocycles. The largest absolute Gasteiger partial charge is 0.388 e. The Labute approximate surface area is 108 Å². The van der Waals surface area contributed by atoms with Gasteiger partial charge >= 0.3 is 0 Å². The van der Waals surface area contributed by atoms with Gasteiger partial charge in [0.05, 0.1) is 6.04 Å². The average molecular weight is 249 g/mol. The van der Waals surface area contributed by atoms with E-state index in [4.69, 9.17) is 0 Å². The van der Waals surface area contributed by atoms with Gasteiger partial charge in [-0.25, -0.2) is 0 Å². The van der Waals surface area contributed by atoms with Crippen molar-refractivity contribution in [3.63, 3.8) is 0 Å². The van der Waals surface area contributed by atoms with Crippen molar-refractivity contribution >= 4 is 13.7 Å². The first-order chi connectivity index (χ1) is 8.56. The van der Waals surface area contributed by atoms with Crippen molar-refractivity contribution in [3.8, 4) is 0 Å². The van der Waals surface area contributed by atoms with Crippen molar-refractivity contribution < 1.29 is 15.0 Å². The summed E-state index contributed by atoms with van der Waals surface area (Å²) >= 11 is 0. The molecule has 0 heterocycles. The van der Waals surface area contributed by atoms with Gasteiger partial charge in [0.25, 0.3) is 0 Å². The summed E-state index contributed by atoms with van der Waals surface area (Å²) in [6.45, 7) is 1.97. The third kappa shape index (κ3) is 4.16. The van der Waals surface area contributed by atoms with Crippen molar-refractivity contribution in [1.29, 1.82) is 0 Å². The lowest BCUT2D eigenvalue weighted by Gasteiger charge is -2.27. The van der Waals surface area contributed by atoms with E-state index in [-0.39, 0.29) is 5.81 Å². The molecule has 0 bridgehead atoms. The highest BCUT2D eigenvalue weighted by Crippen LogP contribution is 2.20. The lowest BCUT2D eigenvalue weighted by atomic mass is 9.95. The molecular weight excluding hydrogens is 229 g/mol. The van der Waals surface area contributed by atoms with Crippen LogP contribution in [-0.2, 0) is 0 Å². The highest BCUT2D eigenvalue weighted by atomic mass is 16.3. The normalized spacial score (nSPS) is 15.7. The number of nitrogens with one attached hydrogen (secondary N) is 1. The molecule has 1 amide bonds. The number of hydrogen-bond donors (Lipinski definition) is 3. The van der Waals surface area contributed by atoms with Crippen LogP contribution in [0.15, 0.2) is 30.3 Å². The van der Waals surface area contributed by atoms with Crippen molar-refractivity contribution in [2.24, 2.45) is 0 Å². The zero-order valence-electron chi connectivity index (χ0n) is 10.8. The van der Waals surface area contributed by atoms with E-state index in [1.54, 1.807) is 24.3 Å².